The van der Waals surface area contributed by atoms with Crippen molar-refractivity contribution in [3.05, 3.63) is 54.1 Å². The number of ether oxygens (including phenoxy) is 1. The normalized spacial score (nSPS) is 14.0. The van der Waals surface area contributed by atoms with Gasteiger partial charge < -0.3 is 9.64 Å². The van der Waals surface area contributed by atoms with Crippen LogP contribution in [0.1, 0.15) is 12.5 Å². The number of amides is 1. The summed E-state index contributed by atoms with van der Waals surface area (Å²) in [5, 5.41) is 0. The molecule has 0 saturated heterocycles. The third-order valence-corrected chi connectivity index (χ3v) is 5.19. The molecule has 0 fully saturated rings. The van der Waals surface area contributed by atoms with Crippen molar-refractivity contribution in [2.45, 2.75) is 18.4 Å². The van der Waals surface area contributed by atoms with E-state index < -0.39 is 10.0 Å². The van der Waals surface area contributed by atoms with Crippen molar-refractivity contribution in [2.24, 2.45) is 0 Å². The molecule has 0 spiro atoms. The number of anilines is 1. The molecule has 0 atom stereocenters. The highest BCUT2D eigenvalue weighted by atomic mass is 32.2. The first kappa shape index (κ1) is 16.5. The molecule has 0 radical (unpaired) electrons. The van der Waals surface area contributed by atoms with Gasteiger partial charge in [0.1, 0.15) is 12.4 Å². The number of fused-ring (bicyclic) bond motifs is 1. The lowest BCUT2D eigenvalue weighted by Crippen LogP contribution is -2.36. The number of rotatable bonds is 4. The molecule has 0 unspecified atom stereocenters. The average molecular weight is 346 g/mol. The Balaban J connectivity index is 1.86. The van der Waals surface area contributed by atoms with E-state index in [-0.39, 0.29) is 17.3 Å². The summed E-state index contributed by atoms with van der Waals surface area (Å²) >= 11 is 0. The molecule has 6 nitrogen and oxygen atoms in total. The second kappa shape index (κ2) is 6.62. The second-order valence-electron chi connectivity index (χ2n) is 5.46. The van der Waals surface area contributed by atoms with Crippen LogP contribution in [0.15, 0.2) is 53.4 Å². The van der Waals surface area contributed by atoms with Crippen LogP contribution in [0, 0.1) is 0 Å². The van der Waals surface area contributed by atoms with Crippen LogP contribution in [0.2, 0.25) is 0 Å². The van der Waals surface area contributed by atoms with Crippen molar-refractivity contribution >= 4 is 21.6 Å². The van der Waals surface area contributed by atoms with Crippen LogP contribution in [0.25, 0.3) is 0 Å². The second-order valence-corrected chi connectivity index (χ2v) is 7.23. The Kier molecular flexibility index (Phi) is 4.55. The molecular weight excluding hydrogens is 328 g/mol. The van der Waals surface area contributed by atoms with E-state index in [1.54, 1.807) is 6.07 Å². The van der Waals surface area contributed by atoms with Crippen molar-refractivity contribution in [1.82, 2.24) is 4.72 Å². The van der Waals surface area contributed by atoms with Gasteiger partial charge >= 0.3 is 0 Å². The van der Waals surface area contributed by atoms with Gasteiger partial charge in [0.25, 0.3) is 0 Å². The molecule has 1 heterocycles. The van der Waals surface area contributed by atoms with Crippen LogP contribution in [0.5, 0.6) is 5.75 Å². The summed E-state index contributed by atoms with van der Waals surface area (Å²) in [6, 6.07) is 13.8. The number of carbonyl (C=O) groups excluding carboxylic acids is 1. The standard InChI is InChI=1S/C17H18N2O4S/c1-13(20)19-9-10-23-17-8-7-15(11-16(17)19)24(21,22)18-12-14-5-3-2-4-6-14/h2-8,11,18H,9-10,12H2,1H3. The number of benzene rings is 2. The molecule has 1 amide bonds. The monoisotopic (exact) mass is 346 g/mol. The Morgan fingerprint density at radius 1 is 1.21 bits per heavy atom. The van der Waals surface area contributed by atoms with Crippen LogP contribution in [-0.2, 0) is 21.4 Å². The summed E-state index contributed by atoms with van der Waals surface area (Å²) in [7, 11) is -3.68. The summed E-state index contributed by atoms with van der Waals surface area (Å²) in [4.78, 5) is 13.4. The zero-order chi connectivity index (χ0) is 17.2. The fourth-order valence-corrected chi connectivity index (χ4v) is 3.59. The molecule has 126 valence electrons. The third-order valence-electron chi connectivity index (χ3n) is 3.79. The predicted molar refractivity (Wildman–Crippen MR) is 90.4 cm³/mol. The van der Waals surface area contributed by atoms with E-state index in [2.05, 4.69) is 4.72 Å². The molecule has 24 heavy (non-hydrogen) atoms. The lowest BCUT2D eigenvalue weighted by atomic mass is 10.2. The Labute approximate surface area is 141 Å². The summed E-state index contributed by atoms with van der Waals surface area (Å²) < 4.78 is 33.1. The highest BCUT2D eigenvalue weighted by Gasteiger charge is 2.24. The number of nitrogens with zero attached hydrogens (tertiary/aromatic N) is 1. The van der Waals surface area contributed by atoms with E-state index in [4.69, 9.17) is 4.74 Å². The summed E-state index contributed by atoms with van der Waals surface area (Å²) in [5.41, 5.74) is 1.35. The van der Waals surface area contributed by atoms with Crippen LogP contribution in [-0.4, -0.2) is 27.5 Å². The van der Waals surface area contributed by atoms with Gasteiger partial charge in [0.05, 0.1) is 17.1 Å². The zero-order valence-electron chi connectivity index (χ0n) is 13.2. The molecule has 0 aliphatic carbocycles. The van der Waals surface area contributed by atoms with E-state index in [0.29, 0.717) is 24.6 Å². The largest absolute Gasteiger partial charge is 0.490 e. The van der Waals surface area contributed by atoms with Gasteiger partial charge in [-0.05, 0) is 23.8 Å². The Hall–Kier alpha value is -2.38. The fourth-order valence-electron chi connectivity index (χ4n) is 2.55. The van der Waals surface area contributed by atoms with Gasteiger partial charge in [0.2, 0.25) is 15.9 Å². The molecule has 0 aromatic heterocycles. The fraction of sp³-hybridized carbons (Fsp3) is 0.235. The van der Waals surface area contributed by atoms with Crippen molar-refractivity contribution in [3.8, 4) is 5.75 Å². The highest BCUT2D eigenvalue weighted by Crippen LogP contribution is 2.33. The number of carbonyl (C=O) groups is 1. The van der Waals surface area contributed by atoms with Gasteiger partial charge in [-0.1, -0.05) is 30.3 Å². The first-order chi connectivity index (χ1) is 11.5. The topological polar surface area (TPSA) is 75.7 Å². The minimum absolute atomic E-state index is 0.105. The average Bonchev–Trinajstić information content (AvgIpc) is 2.60. The van der Waals surface area contributed by atoms with Gasteiger partial charge in [-0.25, -0.2) is 13.1 Å². The molecular formula is C17H18N2O4S. The van der Waals surface area contributed by atoms with E-state index in [1.807, 2.05) is 30.3 Å². The maximum Gasteiger partial charge on any atom is 0.240 e. The molecule has 2 aromatic rings. The van der Waals surface area contributed by atoms with Gasteiger partial charge in [-0.3, -0.25) is 4.79 Å². The van der Waals surface area contributed by atoms with Crippen molar-refractivity contribution in [3.63, 3.8) is 0 Å². The molecule has 1 aliphatic heterocycles. The lowest BCUT2D eigenvalue weighted by molar-refractivity contribution is -0.116. The Morgan fingerprint density at radius 3 is 2.67 bits per heavy atom. The van der Waals surface area contributed by atoms with Crippen LogP contribution in [0.4, 0.5) is 5.69 Å². The molecule has 0 saturated carbocycles. The molecule has 3 rings (SSSR count). The summed E-state index contributed by atoms with van der Waals surface area (Å²) in [6.07, 6.45) is 0. The van der Waals surface area contributed by atoms with Gasteiger partial charge in [0, 0.05) is 13.5 Å². The van der Waals surface area contributed by atoms with Crippen LogP contribution in [0.3, 0.4) is 0 Å². The van der Waals surface area contributed by atoms with E-state index in [0.717, 1.165) is 5.56 Å². The molecule has 0 bridgehead atoms. The number of hydrogen-bond donors (Lipinski definition) is 1. The summed E-state index contributed by atoms with van der Waals surface area (Å²) in [6.45, 7) is 2.45. The van der Waals surface area contributed by atoms with E-state index in [9.17, 15) is 13.2 Å². The number of sulfonamides is 1. The van der Waals surface area contributed by atoms with Crippen molar-refractivity contribution < 1.29 is 17.9 Å². The highest BCUT2D eigenvalue weighted by molar-refractivity contribution is 7.89. The van der Waals surface area contributed by atoms with Crippen LogP contribution < -0.4 is 14.4 Å². The van der Waals surface area contributed by atoms with Crippen LogP contribution >= 0.6 is 0 Å². The Bertz CT molecular complexity index is 850. The van der Waals surface area contributed by atoms with Crippen molar-refractivity contribution in [2.75, 3.05) is 18.1 Å². The smallest absolute Gasteiger partial charge is 0.240 e. The minimum atomic E-state index is -3.68. The van der Waals surface area contributed by atoms with Crippen molar-refractivity contribution in [1.29, 1.82) is 0 Å². The molecule has 1 aliphatic rings. The first-order valence-corrected chi connectivity index (χ1v) is 9.04. The maximum atomic E-state index is 12.5. The number of hydrogen-bond acceptors (Lipinski definition) is 4. The zero-order valence-corrected chi connectivity index (χ0v) is 14.0. The van der Waals surface area contributed by atoms with Gasteiger partial charge in [-0.2, -0.15) is 0 Å². The van der Waals surface area contributed by atoms with E-state index >= 15 is 0 Å². The Morgan fingerprint density at radius 2 is 1.96 bits per heavy atom. The van der Waals surface area contributed by atoms with E-state index in [1.165, 1.54) is 24.0 Å². The molecule has 2 aromatic carbocycles. The first-order valence-electron chi connectivity index (χ1n) is 7.56. The molecule has 7 heteroatoms. The number of nitrogens with one attached hydrogen (secondary N) is 1. The van der Waals surface area contributed by atoms with Gasteiger partial charge in [-0.15, -0.1) is 0 Å². The predicted octanol–water partition coefficient (Wildman–Crippen LogP) is 1.91. The SMILES string of the molecule is CC(=O)N1CCOc2ccc(S(=O)(=O)NCc3ccccc3)cc21. The third kappa shape index (κ3) is 3.42. The van der Waals surface area contributed by atoms with Gasteiger partial charge in [0.15, 0.2) is 0 Å². The lowest BCUT2D eigenvalue weighted by Gasteiger charge is -2.29. The minimum Gasteiger partial charge on any atom is -0.490 e. The summed E-state index contributed by atoms with van der Waals surface area (Å²) in [5.74, 6) is 0.366. The maximum absolute atomic E-state index is 12.5. The quantitative estimate of drug-likeness (QED) is 0.918. The molecule has 1 N–H and O–H groups in total.